The number of pyridine rings is 1. The van der Waals surface area contributed by atoms with Crippen molar-refractivity contribution in [2.45, 2.75) is 52.1 Å². The van der Waals surface area contributed by atoms with Crippen LogP contribution in [0.25, 0.3) is 0 Å². The minimum atomic E-state index is -1.53. The van der Waals surface area contributed by atoms with Crippen LogP contribution >= 0.6 is 0 Å². The molecule has 2 rings (SSSR count). The molecular weight excluding hydrogens is 399 g/mol. The maximum absolute atomic E-state index is 14.2. The van der Waals surface area contributed by atoms with Gasteiger partial charge in [0.25, 0.3) is 5.56 Å². The van der Waals surface area contributed by atoms with Gasteiger partial charge < -0.3 is 19.2 Å². The number of ether oxygens (including phenoxy) is 1. The number of carboxylic acid groups (broad SMARTS) is 1. The van der Waals surface area contributed by atoms with E-state index in [2.05, 4.69) is 15.6 Å². The van der Waals surface area contributed by atoms with Gasteiger partial charge in [0.05, 0.1) is 24.4 Å². The second-order valence-corrected chi connectivity index (χ2v) is 7.17. The van der Waals surface area contributed by atoms with Gasteiger partial charge >= 0.3 is 25.0 Å². The summed E-state index contributed by atoms with van der Waals surface area (Å²) in [6, 6.07) is 1.16. The number of carbonyl (C=O) groups excluding carboxylic acids is 2. The Morgan fingerprint density at radius 3 is 2.60 bits per heavy atom. The molecule has 0 aliphatic carbocycles. The van der Waals surface area contributed by atoms with E-state index >= 15 is 0 Å². The first-order valence-electron chi connectivity index (χ1n) is 8.61. The van der Waals surface area contributed by atoms with Crippen LogP contribution in [0.4, 0.5) is 19.3 Å². The van der Waals surface area contributed by atoms with Crippen molar-refractivity contribution in [2.75, 3.05) is 5.32 Å². The molecular formula is C17H20F2LiN5O5. The molecule has 0 aromatic carbocycles. The van der Waals surface area contributed by atoms with E-state index in [1.807, 2.05) is 0 Å². The van der Waals surface area contributed by atoms with E-state index in [9.17, 15) is 28.3 Å². The van der Waals surface area contributed by atoms with Crippen molar-refractivity contribution in [3.8, 4) is 0 Å². The van der Waals surface area contributed by atoms with Crippen LogP contribution in [0, 0.1) is 5.82 Å². The van der Waals surface area contributed by atoms with E-state index in [1.165, 1.54) is 6.20 Å². The minimum Gasteiger partial charge on any atom is -0.543 e. The molecule has 1 atom stereocenters. The standard InChI is InChI=1S/C17H21F2N5O5.Li/c1-17(2,3)29-16(28)20-11-5-7-23(14(25)13(11)19)6-4-10(18)8-24-9-12(15(26)27)21-22-24;/h5,7,9-10H,4,6,8H2,1-3H3,(H,20,28)(H,26,27);/q;+1/p-1. The van der Waals surface area contributed by atoms with E-state index in [0.29, 0.717) is 0 Å². The van der Waals surface area contributed by atoms with Crippen LogP contribution in [-0.4, -0.2) is 43.4 Å². The Morgan fingerprint density at radius 2 is 2.03 bits per heavy atom. The average Bonchev–Trinajstić information content (AvgIpc) is 3.05. The summed E-state index contributed by atoms with van der Waals surface area (Å²) in [6.07, 6.45) is -0.347. The second kappa shape index (κ2) is 10.4. The van der Waals surface area contributed by atoms with Crippen LogP contribution in [0.3, 0.4) is 0 Å². The number of carbonyl (C=O) groups is 2. The molecule has 1 N–H and O–H groups in total. The number of hydrogen-bond acceptors (Lipinski definition) is 7. The van der Waals surface area contributed by atoms with Crippen LogP contribution in [-0.2, 0) is 17.8 Å². The first kappa shape index (κ1) is 25.3. The number of aryl methyl sites for hydroxylation is 1. The topological polar surface area (TPSA) is 131 Å². The van der Waals surface area contributed by atoms with Crippen molar-refractivity contribution in [1.29, 1.82) is 0 Å². The molecule has 158 valence electrons. The van der Waals surface area contributed by atoms with Gasteiger partial charge in [0.15, 0.2) is 0 Å². The summed E-state index contributed by atoms with van der Waals surface area (Å²) in [5.41, 5.74) is -2.61. The van der Waals surface area contributed by atoms with Gasteiger partial charge in [0.1, 0.15) is 17.5 Å². The van der Waals surface area contributed by atoms with Gasteiger partial charge in [-0.2, -0.15) is 4.39 Å². The second-order valence-electron chi connectivity index (χ2n) is 7.17. The maximum Gasteiger partial charge on any atom is 1.00 e. The van der Waals surface area contributed by atoms with Gasteiger partial charge in [0.2, 0.25) is 5.82 Å². The SMILES string of the molecule is CC(C)(C)OC(=O)Nc1ccn(CCC(F)Cn2cc(C(=O)[O-])nn2)c(=O)c1F.[Li+]. The van der Waals surface area contributed by atoms with Crippen LogP contribution in [0.1, 0.15) is 37.7 Å². The summed E-state index contributed by atoms with van der Waals surface area (Å²) in [6.45, 7) is 4.45. The Kier molecular flexibility index (Phi) is 8.74. The Balaban J connectivity index is 0.00000450. The summed E-state index contributed by atoms with van der Waals surface area (Å²) in [5.74, 6) is -2.74. The molecule has 1 unspecified atom stereocenters. The molecule has 0 fully saturated rings. The molecule has 0 aliphatic rings. The first-order chi connectivity index (χ1) is 13.5. The normalized spacial score (nSPS) is 12.0. The van der Waals surface area contributed by atoms with Crippen molar-refractivity contribution < 1.29 is 47.1 Å². The number of halogens is 2. The molecule has 0 spiro atoms. The van der Waals surface area contributed by atoms with Crippen molar-refractivity contribution in [3.63, 3.8) is 0 Å². The van der Waals surface area contributed by atoms with Gasteiger partial charge in [-0.1, -0.05) is 5.21 Å². The Morgan fingerprint density at radius 1 is 1.37 bits per heavy atom. The molecule has 0 saturated carbocycles. The van der Waals surface area contributed by atoms with E-state index < -0.39 is 40.9 Å². The molecule has 2 heterocycles. The van der Waals surface area contributed by atoms with Gasteiger partial charge in [-0.25, -0.2) is 13.9 Å². The van der Waals surface area contributed by atoms with Gasteiger partial charge in [-0.15, -0.1) is 5.10 Å². The number of anilines is 1. The zero-order valence-electron chi connectivity index (χ0n) is 17.0. The van der Waals surface area contributed by atoms with Crippen molar-refractivity contribution in [1.82, 2.24) is 19.6 Å². The third kappa shape index (κ3) is 7.27. The number of nitrogens with one attached hydrogen (secondary N) is 1. The fourth-order valence-electron chi connectivity index (χ4n) is 2.29. The van der Waals surface area contributed by atoms with E-state index in [1.54, 1.807) is 20.8 Å². The zero-order chi connectivity index (χ0) is 21.8. The maximum atomic E-state index is 14.2. The minimum absolute atomic E-state index is 0. The Hall–Kier alpha value is -2.71. The number of hydrogen-bond donors (Lipinski definition) is 1. The predicted molar refractivity (Wildman–Crippen MR) is 94.4 cm³/mol. The average molecular weight is 419 g/mol. The number of carboxylic acids is 1. The van der Waals surface area contributed by atoms with Crippen molar-refractivity contribution in [3.05, 3.63) is 40.3 Å². The number of alkyl halides is 1. The molecule has 0 saturated heterocycles. The van der Waals surface area contributed by atoms with Gasteiger partial charge in [-0.3, -0.25) is 10.1 Å². The zero-order valence-corrected chi connectivity index (χ0v) is 17.0. The number of amides is 1. The summed E-state index contributed by atoms with van der Waals surface area (Å²) in [4.78, 5) is 34.4. The molecule has 0 bridgehead atoms. The van der Waals surface area contributed by atoms with Gasteiger partial charge in [-0.05, 0) is 33.3 Å². The predicted octanol–water partition coefficient (Wildman–Crippen LogP) is -2.28. The van der Waals surface area contributed by atoms with Crippen molar-refractivity contribution >= 4 is 17.7 Å². The molecule has 10 nitrogen and oxygen atoms in total. The molecule has 0 radical (unpaired) electrons. The van der Waals surface area contributed by atoms with Crippen LogP contribution in [0.5, 0.6) is 0 Å². The number of aromatic nitrogens is 4. The quantitative estimate of drug-likeness (QED) is 0.501. The molecule has 0 aliphatic heterocycles. The Labute approximate surface area is 182 Å². The fraction of sp³-hybridized carbons (Fsp3) is 0.471. The Bertz CT molecular complexity index is 957. The number of nitrogens with zero attached hydrogens (tertiary/aromatic N) is 4. The van der Waals surface area contributed by atoms with Crippen molar-refractivity contribution in [2.24, 2.45) is 0 Å². The van der Waals surface area contributed by atoms with Crippen LogP contribution in [0.2, 0.25) is 0 Å². The summed E-state index contributed by atoms with van der Waals surface area (Å²) in [5, 5.41) is 19.5. The van der Waals surface area contributed by atoms with Gasteiger partial charge in [0, 0.05) is 12.7 Å². The first-order valence-corrected chi connectivity index (χ1v) is 8.61. The third-order valence-electron chi connectivity index (χ3n) is 3.56. The number of rotatable bonds is 7. The summed E-state index contributed by atoms with van der Waals surface area (Å²) < 4.78 is 35.3. The molecule has 1 amide bonds. The number of aromatic carboxylic acids is 1. The van der Waals surface area contributed by atoms with Crippen LogP contribution in [0.15, 0.2) is 23.3 Å². The summed E-state index contributed by atoms with van der Waals surface area (Å²) >= 11 is 0. The largest absolute Gasteiger partial charge is 1.00 e. The van der Waals surface area contributed by atoms with E-state index in [-0.39, 0.29) is 44.1 Å². The molecule has 30 heavy (non-hydrogen) atoms. The monoisotopic (exact) mass is 419 g/mol. The molecule has 2 aromatic heterocycles. The smallest absolute Gasteiger partial charge is 0.543 e. The fourth-order valence-corrected chi connectivity index (χ4v) is 2.29. The third-order valence-corrected chi connectivity index (χ3v) is 3.56. The van der Waals surface area contributed by atoms with E-state index in [4.69, 9.17) is 4.74 Å². The molecule has 13 heteroatoms. The molecule has 2 aromatic rings. The van der Waals surface area contributed by atoms with Crippen LogP contribution < -0.4 is 34.8 Å². The summed E-state index contributed by atoms with van der Waals surface area (Å²) in [7, 11) is 0. The van der Waals surface area contributed by atoms with E-state index in [0.717, 1.165) is 21.5 Å².